The second kappa shape index (κ2) is 14.9. The predicted molar refractivity (Wildman–Crippen MR) is 145 cm³/mol. The molecule has 0 bridgehead atoms. The van der Waals surface area contributed by atoms with Crippen LogP contribution in [0.5, 0.6) is 0 Å². The van der Waals surface area contributed by atoms with Gasteiger partial charge in [-0.2, -0.15) is 0 Å². The lowest BCUT2D eigenvalue weighted by Gasteiger charge is -2.24. The highest BCUT2D eigenvalue weighted by Gasteiger charge is 2.28. The van der Waals surface area contributed by atoms with Gasteiger partial charge in [0.1, 0.15) is 18.4 Å². The molecular weight excluding hydrogens is 488 g/mol. The van der Waals surface area contributed by atoms with Gasteiger partial charge in [-0.25, -0.2) is 4.79 Å². The van der Waals surface area contributed by atoms with Crippen molar-refractivity contribution >= 4 is 29.5 Å². The number of ether oxygens (including phenoxy) is 1. The smallest absolute Gasteiger partial charge is 0.408 e. The van der Waals surface area contributed by atoms with Crippen molar-refractivity contribution in [1.82, 2.24) is 10.6 Å². The molecule has 0 saturated carbocycles. The van der Waals surface area contributed by atoms with Gasteiger partial charge in [-0.1, -0.05) is 74.5 Å². The van der Waals surface area contributed by atoms with Crippen LogP contribution in [-0.4, -0.2) is 35.6 Å². The van der Waals surface area contributed by atoms with E-state index >= 15 is 0 Å². The fraction of sp³-hybridized carbons (Fsp3) is 0.345. The van der Waals surface area contributed by atoms with Gasteiger partial charge >= 0.3 is 6.09 Å². The molecule has 2 amide bonds. The zero-order valence-electron chi connectivity index (χ0n) is 21.2. The highest BCUT2D eigenvalue weighted by atomic mass is 32.2. The molecule has 0 fully saturated rings. The number of hydrogen-bond acceptors (Lipinski definition) is 6. The number of furan rings is 1. The van der Waals surface area contributed by atoms with E-state index in [0.717, 1.165) is 16.9 Å². The zero-order chi connectivity index (χ0) is 26.5. The molecule has 8 heteroatoms. The van der Waals surface area contributed by atoms with Gasteiger partial charge in [0.15, 0.2) is 5.78 Å². The first kappa shape index (κ1) is 28.1. The van der Waals surface area contributed by atoms with Crippen molar-refractivity contribution < 1.29 is 23.5 Å². The fourth-order valence-corrected chi connectivity index (χ4v) is 4.59. The molecule has 2 N–H and O–H groups in total. The summed E-state index contributed by atoms with van der Waals surface area (Å²) in [5, 5.41) is 5.58. The largest absolute Gasteiger partial charge is 0.468 e. The SMILES string of the molecule is CC(C)C[C@@H](NC(=O)OCc1ccccc1)C(=O)N[C@@H](Cc1ccccc1)C(=O)CSCc1ccco1. The number of amides is 2. The summed E-state index contributed by atoms with van der Waals surface area (Å²) in [6.07, 6.45) is 1.69. The monoisotopic (exact) mass is 522 g/mol. The predicted octanol–water partition coefficient (Wildman–Crippen LogP) is 5.15. The Hall–Kier alpha value is -3.52. The highest BCUT2D eigenvalue weighted by molar-refractivity contribution is 7.99. The number of hydrogen-bond donors (Lipinski definition) is 2. The third kappa shape index (κ3) is 10.2. The first-order valence-electron chi connectivity index (χ1n) is 12.3. The van der Waals surface area contributed by atoms with Crippen LogP contribution in [0.25, 0.3) is 0 Å². The van der Waals surface area contributed by atoms with E-state index in [2.05, 4.69) is 10.6 Å². The van der Waals surface area contributed by atoms with Gasteiger partial charge in [0, 0.05) is 0 Å². The van der Waals surface area contributed by atoms with Crippen LogP contribution in [0.3, 0.4) is 0 Å². The number of ketones is 1. The van der Waals surface area contributed by atoms with Gasteiger partial charge in [-0.3, -0.25) is 9.59 Å². The van der Waals surface area contributed by atoms with Crippen LogP contribution < -0.4 is 10.6 Å². The third-order valence-corrected chi connectivity index (χ3v) is 6.56. The Morgan fingerprint density at radius 3 is 2.16 bits per heavy atom. The molecule has 0 aliphatic rings. The number of alkyl carbamates (subject to hydrolysis) is 1. The first-order valence-corrected chi connectivity index (χ1v) is 13.5. The summed E-state index contributed by atoms with van der Waals surface area (Å²) in [6.45, 7) is 4.04. The normalized spacial score (nSPS) is 12.5. The van der Waals surface area contributed by atoms with Crippen molar-refractivity contribution in [3.8, 4) is 0 Å². The van der Waals surface area contributed by atoms with Gasteiger partial charge in [-0.15, -0.1) is 11.8 Å². The molecule has 2 atom stereocenters. The molecule has 2 aromatic carbocycles. The average Bonchev–Trinajstić information content (AvgIpc) is 3.41. The van der Waals surface area contributed by atoms with Crippen molar-refractivity contribution in [2.45, 2.75) is 51.1 Å². The molecule has 37 heavy (non-hydrogen) atoms. The van der Waals surface area contributed by atoms with Crippen molar-refractivity contribution in [3.63, 3.8) is 0 Å². The van der Waals surface area contributed by atoms with Gasteiger partial charge in [-0.05, 0) is 42.0 Å². The molecule has 196 valence electrons. The number of thioether (sulfide) groups is 1. The Kier molecular flexibility index (Phi) is 11.3. The molecule has 0 saturated heterocycles. The Balaban J connectivity index is 1.63. The minimum atomic E-state index is -0.829. The Labute approximate surface area is 222 Å². The van der Waals surface area contributed by atoms with Gasteiger partial charge in [0.05, 0.1) is 23.8 Å². The number of nitrogens with one attached hydrogen (secondary N) is 2. The van der Waals surface area contributed by atoms with E-state index in [9.17, 15) is 14.4 Å². The van der Waals surface area contributed by atoms with Gasteiger partial charge in [0.25, 0.3) is 0 Å². The molecule has 1 heterocycles. The quantitative estimate of drug-likeness (QED) is 0.304. The van der Waals surface area contributed by atoms with E-state index in [4.69, 9.17) is 9.15 Å². The van der Waals surface area contributed by atoms with E-state index in [-0.39, 0.29) is 24.1 Å². The van der Waals surface area contributed by atoms with Crippen molar-refractivity contribution in [3.05, 3.63) is 95.9 Å². The molecule has 0 spiro atoms. The number of carbonyl (C=O) groups is 3. The molecule has 0 aliphatic heterocycles. The second-order valence-electron chi connectivity index (χ2n) is 9.18. The summed E-state index contributed by atoms with van der Waals surface area (Å²) in [5.74, 6) is 1.21. The Morgan fingerprint density at radius 1 is 0.865 bits per heavy atom. The Bertz CT molecular complexity index is 1100. The molecule has 0 unspecified atom stereocenters. The zero-order valence-corrected chi connectivity index (χ0v) is 22.0. The van der Waals surface area contributed by atoms with Crippen LogP contribution in [0, 0.1) is 5.92 Å². The van der Waals surface area contributed by atoms with Gasteiger partial charge in [0.2, 0.25) is 5.91 Å². The van der Waals surface area contributed by atoms with Gasteiger partial charge < -0.3 is 19.8 Å². The lowest BCUT2D eigenvalue weighted by Crippen LogP contribution is -2.53. The maximum absolute atomic E-state index is 13.3. The maximum Gasteiger partial charge on any atom is 0.408 e. The number of Topliss-reactive ketones (excluding diaryl/α,β-unsaturated/α-hetero) is 1. The number of benzene rings is 2. The molecule has 3 rings (SSSR count). The van der Waals surface area contributed by atoms with E-state index in [1.807, 2.05) is 86.6 Å². The van der Waals surface area contributed by atoms with E-state index in [1.165, 1.54) is 11.8 Å². The van der Waals surface area contributed by atoms with Crippen molar-refractivity contribution in [2.24, 2.45) is 5.92 Å². The van der Waals surface area contributed by atoms with Crippen molar-refractivity contribution in [1.29, 1.82) is 0 Å². The molecular formula is C29H34N2O5S. The number of rotatable bonds is 14. The molecule has 3 aromatic rings. The summed E-state index contributed by atoms with van der Waals surface area (Å²) in [4.78, 5) is 38.9. The fourth-order valence-electron chi connectivity index (χ4n) is 3.72. The van der Waals surface area contributed by atoms with Crippen LogP contribution in [-0.2, 0) is 33.1 Å². The van der Waals surface area contributed by atoms with E-state index in [0.29, 0.717) is 18.6 Å². The average molecular weight is 523 g/mol. The minimum Gasteiger partial charge on any atom is -0.468 e. The number of carbonyl (C=O) groups excluding carboxylic acids is 3. The lowest BCUT2D eigenvalue weighted by atomic mass is 10.00. The maximum atomic E-state index is 13.3. The second-order valence-corrected chi connectivity index (χ2v) is 10.2. The third-order valence-electron chi connectivity index (χ3n) is 5.58. The standard InChI is InChI=1S/C29H34N2O5S/c1-21(2)16-26(31-29(34)36-18-23-12-7-4-8-13-23)28(33)30-25(17-22-10-5-3-6-11-22)27(32)20-37-19-24-14-9-15-35-24/h3-15,21,25-26H,16-20H2,1-2H3,(H,30,33)(H,31,34)/t25-,26+/m0/s1. The topological polar surface area (TPSA) is 97.6 Å². The molecule has 7 nitrogen and oxygen atoms in total. The van der Waals surface area contributed by atoms with Crippen molar-refractivity contribution in [2.75, 3.05) is 5.75 Å². The summed E-state index contributed by atoms with van der Waals surface area (Å²) in [6, 6.07) is 21.0. The van der Waals surface area contributed by atoms with Crippen LogP contribution in [0.2, 0.25) is 0 Å². The summed E-state index contributed by atoms with van der Waals surface area (Å²) >= 11 is 1.43. The lowest BCUT2D eigenvalue weighted by molar-refractivity contribution is -0.128. The van der Waals surface area contributed by atoms with Crippen LogP contribution in [0.15, 0.2) is 83.5 Å². The first-order chi connectivity index (χ1) is 17.9. The molecule has 0 aliphatic carbocycles. The van der Waals surface area contributed by atoms with E-state index in [1.54, 1.807) is 6.26 Å². The van der Waals surface area contributed by atoms with Crippen LogP contribution in [0.4, 0.5) is 4.79 Å². The highest BCUT2D eigenvalue weighted by Crippen LogP contribution is 2.15. The minimum absolute atomic E-state index is 0.0938. The summed E-state index contributed by atoms with van der Waals surface area (Å²) < 4.78 is 10.7. The summed E-state index contributed by atoms with van der Waals surface area (Å²) in [5.41, 5.74) is 1.79. The van der Waals surface area contributed by atoms with Crippen LogP contribution in [0.1, 0.15) is 37.2 Å². The molecule has 0 radical (unpaired) electrons. The molecule has 1 aromatic heterocycles. The van der Waals surface area contributed by atoms with Crippen LogP contribution >= 0.6 is 11.8 Å². The Morgan fingerprint density at radius 2 is 1.54 bits per heavy atom. The summed E-state index contributed by atoms with van der Waals surface area (Å²) in [7, 11) is 0. The van der Waals surface area contributed by atoms with E-state index < -0.39 is 24.1 Å².